The number of carbonyl (C=O) groups excluding carboxylic acids is 2. The van der Waals surface area contributed by atoms with Crippen LogP contribution in [0.15, 0.2) is 0 Å². The predicted molar refractivity (Wildman–Crippen MR) is 80.9 cm³/mol. The molecular weight excluding hydrogens is 268 g/mol. The molecule has 5 heteroatoms. The van der Waals surface area contributed by atoms with E-state index in [0.717, 1.165) is 51.7 Å². The zero-order chi connectivity index (χ0) is 15.1. The SMILES string of the molecule is COC(=O)CC1CCCCN1CC(=O)N1CCCCCC1. The number of hydrogen-bond donors (Lipinski definition) is 0. The fraction of sp³-hybridized carbons (Fsp3) is 0.875. The summed E-state index contributed by atoms with van der Waals surface area (Å²) in [6, 6.07) is 0.169. The van der Waals surface area contributed by atoms with Crippen LogP contribution in [0.4, 0.5) is 0 Å². The second kappa shape index (κ2) is 8.37. The molecule has 0 bridgehead atoms. The molecule has 2 heterocycles. The summed E-state index contributed by atoms with van der Waals surface area (Å²) < 4.78 is 4.78. The first kappa shape index (κ1) is 16.3. The van der Waals surface area contributed by atoms with Crippen molar-refractivity contribution in [2.24, 2.45) is 0 Å². The van der Waals surface area contributed by atoms with Gasteiger partial charge in [0, 0.05) is 19.1 Å². The minimum Gasteiger partial charge on any atom is -0.469 e. The number of likely N-dealkylation sites (tertiary alicyclic amines) is 2. The summed E-state index contributed by atoms with van der Waals surface area (Å²) in [5.74, 6) is 0.0581. The second-order valence-electron chi connectivity index (χ2n) is 6.20. The molecule has 1 amide bonds. The molecule has 2 aliphatic heterocycles. The summed E-state index contributed by atoms with van der Waals surface area (Å²) in [5.41, 5.74) is 0. The van der Waals surface area contributed by atoms with Crippen LogP contribution >= 0.6 is 0 Å². The van der Waals surface area contributed by atoms with E-state index in [-0.39, 0.29) is 17.9 Å². The summed E-state index contributed by atoms with van der Waals surface area (Å²) in [5, 5.41) is 0. The minimum absolute atomic E-state index is 0.169. The second-order valence-corrected chi connectivity index (χ2v) is 6.20. The zero-order valence-corrected chi connectivity index (χ0v) is 13.2. The lowest BCUT2D eigenvalue weighted by Crippen LogP contribution is -2.47. The van der Waals surface area contributed by atoms with Crippen LogP contribution in [0.5, 0.6) is 0 Å². The average Bonchev–Trinajstić information content (AvgIpc) is 2.78. The molecule has 0 spiro atoms. The van der Waals surface area contributed by atoms with E-state index >= 15 is 0 Å². The van der Waals surface area contributed by atoms with Gasteiger partial charge in [-0.3, -0.25) is 14.5 Å². The molecule has 2 fully saturated rings. The lowest BCUT2D eigenvalue weighted by atomic mass is 9.99. The van der Waals surface area contributed by atoms with Gasteiger partial charge in [-0.15, -0.1) is 0 Å². The van der Waals surface area contributed by atoms with E-state index in [1.165, 1.54) is 20.0 Å². The van der Waals surface area contributed by atoms with E-state index in [4.69, 9.17) is 4.74 Å². The smallest absolute Gasteiger partial charge is 0.307 e. The van der Waals surface area contributed by atoms with E-state index < -0.39 is 0 Å². The Morgan fingerprint density at radius 2 is 1.67 bits per heavy atom. The Labute approximate surface area is 127 Å². The van der Waals surface area contributed by atoms with Crippen LogP contribution in [0.25, 0.3) is 0 Å². The maximum absolute atomic E-state index is 12.5. The quantitative estimate of drug-likeness (QED) is 0.742. The highest BCUT2D eigenvalue weighted by molar-refractivity contribution is 5.78. The molecule has 0 aromatic carbocycles. The Balaban J connectivity index is 1.88. The molecule has 2 aliphatic rings. The van der Waals surface area contributed by atoms with Crippen molar-refractivity contribution in [2.45, 2.75) is 57.4 Å². The number of esters is 1. The summed E-state index contributed by atoms with van der Waals surface area (Å²) in [6.07, 6.45) is 8.36. The first-order chi connectivity index (χ1) is 10.2. The third kappa shape index (κ3) is 4.99. The maximum Gasteiger partial charge on any atom is 0.307 e. The van der Waals surface area contributed by atoms with E-state index in [1.807, 2.05) is 4.90 Å². The molecule has 2 saturated heterocycles. The van der Waals surface area contributed by atoms with Crippen LogP contribution in [0.2, 0.25) is 0 Å². The van der Waals surface area contributed by atoms with Crippen molar-refractivity contribution in [1.82, 2.24) is 9.80 Å². The fourth-order valence-electron chi connectivity index (χ4n) is 3.37. The van der Waals surface area contributed by atoms with Crippen LogP contribution in [0, 0.1) is 0 Å². The van der Waals surface area contributed by atoms with Gasteiger partial charge in [0.15, 0.2) is 0 Å². The number of hydrogen-bond acceptors (Lipinski definition) is 4. The van der Waals surface area contributed by atoms with E-state index in [1.54, 1.807) is 0 Å². The predicted octanol–water partition coefficient (Wildman–Crippen LogP) is 1.81. The van der Waals surface area contributed by atoms with Crippen molar-refractivity contribution < 1.29 is 14.3 Å². The highest BCUT2D eigenvalue weighted by Gasteiger charge is 2.28. The molecule has 21 heavy (non-hydrogen) atoms. The molecule has 0 aromatic heterocycles. The molecule has 1 unspecified atom stereocenters. The monoisotopic (exact) mass is 296 g/mol. The maximum atomic E-state index is 12.5. The lowest BCUT2D eigenvalue weighted by molar-refractivity contribution is -0.143. The van der Waals surface area contributed by atoms with Gasteiger partial charge in [0.2, 0.25) is 5.91 Å². The molecule has 0 radical (unpaired) electrons. The van der Waals surface area contributed by atoms with Crippen molar-refractivity contribution in [3.8, 4) is 0 Å². The Morgan fingerprint density at radius 3 is 2.33 bits per heavy atom. The van der Waals surface area contributed by atoms with Crippen molar-refractivity contribution in [3.63, 3.8) is 0 Å². The minimum atomic E-state index is -0.172. The summed E-state index contributed by atoms with van der Waals surface area (Å²) in [7, 11) is 1.43. The number of nitrogens with zero attached hydrogens (tertiary/aromatic N) is 2. The van der Waals surface area contributed by atoms with Crippen molar-refractivity contribution in [3.05, 3.63) is 0 Å². The van der Waals surface area contributed by atoms with Gasteiger partial charge < -0.3 is 9.64 Å². The third-order valence-electron chi connectivity index (χ3n) is 4.68. The Bertz CT molecular complexity index is 351. The molecule has 2 rings (SSSR count). The van der Waals surface area contributed by atoms with Crippen molar-refractivity contribution in [1.29, 1.82) is 0 Å². The lowest BCUT2D eigenvalue weighted by Gasteiger charge is -2.35. The van der Waals surface area contributed by atoms with Crippen molar-refractivity contribution >= 4 is 11.9 Å². The third-order valence-corrected chi connectivity index (χ3v) is 4.68. The fourth-order valence-corrected chi connectivity index (χ4v) is 3.37. The van der Waals surface area contributed by atoms with Crippen LogP contribution in [0.1, 0.15) is 51.4 Å². The van der Waals surface area contributed by atoms with Gasteiger partial charge in [0.05, 0.1) is 20.1 Å². The van der Waals surface area contributed by atoms with Crippen LogP contribution in [-0.4, -0.2) is 61.0 Å². The molecule has 1 atom stereocenters. The highest BCUT2D eigenvalue weighted by atomic mass is 16.5. The molecule has 120 valence electrons. The van der Waals surface area contributed by atoms with Gasteiger partial charge in [0.25, 0.3) is 0 Å². The molecule has 0 N–H and O–H groups in total. The van der Waals surface area contributed by atoms with Crippen molar-refractivity contribution in [2.75, 3.05) is 33.3 Å². The highest BCUT2D eigenvalue weighted by Crippen LogP contribution is 2.20. The zero-order valence-electron chi connectivity index (χ0n) is 13.2. The standard InChI is InChI=1S/C16H28N2O3/c1-21-16(20)12-14-8-4-7-11-18(14)13-15(19)17-9-5-2-3-6-10-17/h14H,2-13H2,1H3. The Kier molecular flexibility index (Phi) is 6.49. The van der Waals surface area contributed by atoms with E-state index in [9.17, 15) is 9.59 Å². The Morgan fingerprint density at radius 1 is 1.00 bits per heavy atom. The average molecular weight is 296 g/mol. The van der Waals surface area contributed by atoms with Crippen LogP contribution in [-0.2, 0) is 14.3 Å². The first-order valence-electron chi connectivity index (χ1n) is 8.29. The van der Waals surface area contributed by atoms with Gasteiger partial charge in [-0.1, -0.05) is 19.3 Å². The number of methoxy groups -OCH3 is 1. The van der Waals surface area contributed by atoms with Crippen LogP contribution in [0.3, 0.4) is 0 Å². The summed E-state index contributed by atoms with van der Waals surface area (Å²) in [4.78, 5) is 28.2. The topological polar surface area (TPSA) is 49.9 Å². The summed E-state index contributed by atoms with van der Waals surface area (Å²) in [6.45, 7) is 3.17. The normalized spacial score (nSPS) is 24.4. The van der Waals surface area contributed by atoms with Gasteiger partial charge in [-0.25, -0.2) is 0 Å². The molecule has 0 saturated carbocycles. The first-order valence-corrected chi connectivity index (χ1v) is 8.29. The van der Waals surface area contributed by atoms with E-state index in [2.05, 4.69) is 4.90 Å². The van der Waals surface area contributed by atoms with Gasteiger partial charge in [-0.05, 0) is 32.2 Å². The van der Waals surface area contributed by atoms with Gasteiger partial charge in [0.1, 0.15) is 0 Å². The molecule has 0 aromatic rings. The number of piperidine rings is 1. The van der Waals surface area contributed by atoms with E-state index in [0.29, 0.717) is 13.0 Å². The Hall–Kier alpha value is -1.10. The van der Waals surface area contributed by atoms with Gasteiger partial charge in [-0.2, -0.15) is 0 Å². The van der Waals surface area contributed by atoms with Crippen LogP contribution < -0.4 is 0 Å². The number of ether oxygens (including phenoxy) is 1. The number of amides is 1. The molecule has 5 nitrogen and oxygen atoms in total. The largest absolute Gasteiger partial charge is 0.469 e. The number of carbonyl (C=O) groups is 2. The molecule has 0 aliphatic carbocycles. The summed E-state index contributed by atoms with van der Waals surface area (Å²) >= 11 is 0. The number of rotatable bonds is 4. The van der Waals surface area contributed by atoms with Gasteiger partial charge >= 0.3 is 5.97 Å². The molecular formula is C16H28N2O3.